The van der Waals surface area contributed by atoms with Gasteiger partial charge in [0.2, 0.25) is 0 Å². The van der Waals surface area contributed by atoms with Crippen molar-refractivity contribution in [3.63, 3.8) is 0 Å². The first-order valence-electron chi connectivity index (χ1n) is 5.38. The van der Waals surface area contributed by atoms with Crippen LogP contribution in [0.5, 0.6) is 0 Å². The second kappa shape index (κ2) is 4.83. The van der Waals surface area contributed by atoms with Crippen LogP contribution in [0.1, 0.15) is 46.5 Å². The first kappa shape index (κ1) is 10.0. The number of nitrogens with zero attached hydrogens (tertiary/aromatic N) is 2. The van der Waals surface area contributed by atoms with Gasteiger partial charge in [-0.25, -0.2) is 10.0 Å². The Kier molecular flexibility index (Phi) is 4.02. The predicted molar refractivity (Wildman–Crippen MR) is 52.7 cm³/mol. The van der Waals surface area contributed by atoms with Gasteiger partial charge in [-0.2, -0.15) is 0 Å². The molecule has 1 fully saturated rings. The Morgan fingerprint density at radius 2 is 1.75 bits per heavy atom. The minimum atomic E-state index is 0.784. The lowest BCUT2D eigenvalue weighted by molar-refractivity contribution is 0.313. The number of unbranched alkanes of at least 4 members (excludes halogenated alkanes) is 1. The van der Waals surface area contributed by atoms with Gasteiger partial charge in [0.05, 0.1) is 6.17 Å². The second-order valence-corrected chi connectivity index (χ2v) is 3.54. The molecule has 3 unspecified atom stereocenters. The summed E-state index contributed by atoms with van der Waals surface area (Å²) in [4.78, 5) is 0. The molecule has 0 N–H and O–H groups in total. The lowest BCUT2D eigenvalue weighted by Crippen LogP contribution is -2.07. The Morgan fingerprint density at radius 1 is 1.00 bits per heavy atom. The van der Waals surface area contributed by atoms with Gasteiger partial charge in [-0.05, 0) is 12.8 Å². The molecule has 0 amide bonds. The van der Waals surface area contributed by atoms with Crippen LogP contribution in [0.2, 0.25) is 0 Å². The largest absolute Gasteiger partial charge is 0.222 e. The van der Waals surface area contributed by atoms with Crippen LogP contribution in [0, 0.1) is 0 Å². The van der Waals surface area contributed by atoms with Crippen LogP contribution in [-0.2, 0) is 0 Å². The van der Waals surface area contributed by atoms with Crippen molar-refractivity contribution in [3.05, 3.63) is 0 Å². The minimum Gasteiger partial charge on any atom is -0.222 e. The molecule has 1 saturated heterocycles. The maximum atomic E-state index is 2.52. The molecule has 0 radical (unpaired) electrons. The highest BCUT2D eigenvalue weighted by molar-refractivity contribution is 4.81. The van der Waals surface area contributed by atoms with E-state index in [4.69, 9.17) is 0 Å². The Balaban J connectivity index is 2.17. The second-order valence-electron chi connectivity index (χ2n) is 3.54. The number of hydrazine groups is 1. The highest BCUT2D eigenvalue weighted by atomic mass is 15.9. The fraction of sp³-hybridized carbons (Fsp3) is 1.00. The fourth-order valence-electron chi connectivity index (χ4n) is 1.84. The molecule has 0 spiro atoms. The van der Waals surface area contributed by atoms with Gasteiger partial charge in [-0.15, -0.1) is 0 Å². The minimum absolute atomic E-state index is 0.784. The molecule has 0 aliphatic carbocycles. The summed E-state index contributed by atoms with van der Waals surface area (Å²) in [6.07, 6.45) is 6.09. The SMILES string of the molecule is CCCCN1C(CCC)N1CC. The molecular weight excluding hydrogens is 148 g/mol. The summed E-state index contributed by atoms with van der Waals surface area (Å²) in [5.74, 6) is 0. The van der Waals surface area contributed by atoms with Crippen molar-refractivity contribution in [1.29, 1.82) is 0 Å². The molecule has 2 nitrogen and oxygen atoms in total. The summed E-state index contributed by atoms with van der Waals surface area (Å²) in [6.45, 7) is 9.23. The van der Waals surface area contributed by atoms with Crippen molar-refractivity contribution in [2.75, 3.05) is 13.1 Å². The molecule has 0 aromatic carbocycles. The topological polar surface area (TPSA) is 6.02 Å². The first-order chi connectivity index (χ1) is 5.85. The normalized spacial score (nSPS) is 33.8. The average molecular weight is 170 g/mol. The molecule has 1 rings (SSSR count). The zero-order chi connectivity index (χ0) is 8.97. The molecule has 3 atom stereocenters. The third-order valence-electron chi connectivity index (χ3n) is 2.58. The average Bonchev–Trinajstić information content (AvgIpc) is 2.75. The van der Waals surface area contributed by atoms with E-state index in [0.29, 0.717) is 0 Å². The lowest BCUT2D eigenvalue weighted by atomic mass is 10.3. The Hall–Kier alpha value is -0.0800. The molecule has 1 heterocycles. The standard InChI is InChI=1S/C10H22N2/c1-4-7-9-12-10(8-5-2)11(12)6-3/h10H,4-9H2,1-3H3. The van der Waals surface area contributed by atoms with Crippen LogP contribution >= 0.6 is 0 Å². The van der Waals surface area contributed by atoms with Crippen LogP contribution in [0.3, 0.4) is 0 Å². The van der Waals surface area contributed by atoms with Gasteiger partial charge in [0.15, 0.2) is 0 Å². The van der Waals surface area contributed by atoms with Crippen LogP contribution in [-0.4, -0.2) is 29.3 Å². The zero-order valence-corrected chi connectivity index (χ0v) is 8.71. The zero-order valence-electron chi connectivity index (χ0n) is 8.71. The Labute approximate surface area is 76.5 Å². The number of rotatable bonds is 6. The van der Waals surface area contributed by atoms with Gasteiger partial charge in [0, 0.05) is 13.1 Å². The maximum absolute atomic E-state index is 2.52. The highest BCUT2D eigenvalue weighted by Gasteiger charge is 2.41. The summed E-state index contributed by atoms with van der Waals surface area (Å²) in [5, 5.41) is 5.01. The molecule has 0 aromatic rings. The maximum Gasteiger partial charge on any atom is 0.0894 e. The molecule has 1 aliphatic heterocycles. The number of hydrogen-bond acceptors (Lipinski definition) is 2. The van der Waals surface area contributed by atoms with E-state index in [-0.39, 0.29) is 0 Å². The molecule has 0 saturated carbocycles. The van der Waals surface area contributed by atoms with E-state index >= 15 is 0 Å². The summed E-state index contributed by atoms with van der Waals surface area (Å²) in [5.41, 5.74) is 0. The van der Waals surface area contributed by atoms with E-state index in [2.05, 4.69) is 30.8 Å². The Bertz CT molecular complexity index is 125. The van der Waals surface area contributed by atoms with E-state index < -0.39 is 0 Å². The van der Waals surface area contributed by atoms with Gasteiger partial charge in [0.25, 0.3) is 0 Å². The van der Waals surface area contributed by atoms with E-state index in [0.717, 1.165) is 6.17 Å². The van der Waals surface area contributed by atoms with Gasteiger partial charge < -0.3 is 0 Å². The fourth-order valence-corrected chi connectivity index (χ4v) is 1.84. The Morgan fingerprint density at radius 3 is 2.25 bits per heavy atom. The third-order valence-corrected chi connectivity index (χ3v) is 2.58. The summed E-state index contributed by atoms with van der Waals surface area (Å²) in [7, 11) is 0. The van der Waals surface area contributed by atoms with Crippen LogP contribution in [0.15, 0.2) is 0 Å². The van der Waals surface area contributed by atoms with E-state index in [1.54, 1.807) is 0 Å². The third kappa shape index (κ3) is 2.20. The van der Waals surface area contributed by atoms with Gasteiger partial charge >= 0.3 is 0 Å². The van der Waals surface area contributed by atoms with Gasteiger partial charge in [0.1, 0.15) is 0 Å². The van der Waals surface area contributed by atoms with Crippen LogP contribution in [0.25, 0.3) is 0 Å². The van der Waals surface area contributed by atoms with Crippen LogP contribution in [0.4, 0.5) is 0 Å². The van der Waals surface area contributed by atoms with Crippen molar-refractivity contribution in [2.45, 2.75) is 52.6 Å². The van der Waals surface area contributed by atoms with E-state index in [1.807, 2.05) is 0 Å². The molecule has 12 heavy (non-hydrogen) atoms. The molecule has 1 aliphatic rings. The van der Waals surface area contributed by atoms with E-state index in [1.165, 1.54) is 38.8 Å². The predicted octanol–water partition coefficient (Wildman–Crippen LogP) is 2.47. The molecular formula is C10H22N2. The van der Waals surface area contributed by atoms with Crippen molar-refractivity contribution < 1.29 is 0 Å². The van der Waals surface area contributed by atoms with Crippen molar-refractivity contribution in [1.82, 2.24) is 10.0 Å². The summed E-state index contributed by atoms with van der Waals surface area (Å²) in [6, 6.07) is 0. The summed E-state index contributed by atoms with van der Waals surface area (Å²) < 4.78 is 0. The highest BCUT2D eigenvalue weighted by Crippen LogP contribution is 2.29. The molecule has 0 bridgehead atoms. The number of hydrogen-bond donors (Lipinski definition) is 0. The van der Waals surface area contributed by atoms with Gasteiger partial charge in [-0.1, -0.05) is 33.6 Å². The lowest BCUT2D eigenvalue weighted by Gasteiger charge is -1.99. The van der Waals surface area contributed by atoms with Crippen molar-refractivity contribution in [2.24, 2.45) is 0 Å². The smallest absolute Gasteiger partial charge is 0.0894 e. The van der Waals surface area contributed by atoms with Crippen LogP contribution < -0.4 is 0 Å². The van der Waals surface area contributed by atoms with Gasteiger partial charge in [-0.3, -0.25) is 0 Å². The van der Waals surface area contributed by atoms with Crippen molar-refractivity contribution in [3.8, 4) is 0 Å². The first-order valence-corrected chi connectivity index (χ1v) is 5.38. The quantitative estimate of drug-likeness (QED) is 0.565. The van der Waals surface area contributed by atoms with E-state index in [9.17, 15) is 0 Å². The monoisotopic (exact) mass is 170 g/mol. The molecule has 2 heteroatoms. The summed E-state index contributed by atoms with van der Waals surface area (Å²) >= 11 is 0. The molecule has 72 valence electrons. The molecule has 0 aromatic heterocycles. The van der Waals surface area contributed by atoms with Crippen molar-refractivity contribution >= 4 is 0 Å².